The minimum absolute atomic E-state index is 0.0608. The predicted molar refractivity (Wildman–Crippen MR) is 82.9 cm³/mol. The van der Waals surface area contributed by atoms with E-state index in [9.17, 15) is 9.59 Å². The predicted octanol–water partition coefficient (Wildman–Crippen LogP) is 1.23. The fourth-order valence-electron chi connectivity index (χ4n) is 3.20. The lowest BCUT2D eigenvalue weighted by molar-refractivity contribution is -0.154. The lowest BCUT2D eigenvalue weighted by Crippen LogP contribution is -2.61. The van der Waals surface area contributed by atoms with Crippen molar-refractivity contribution >= 4 is 11.8 Å². The van der Waals surface area contributed by atoms with Crippen molar-refractivity contribution in [3.05, 3.63) is 0 Å². The molecule has 0 radical (unpaired) electrons. The Morgan fingerprint density at radius 3 is 2.67 bits per heavy atom. The second-order valence-electron chi connectivity index (χ2n) is 7.34. The number of piperazine rings is 1. The Bertz CT molecular complexity index is 403. The lowest BCUT2D eigenvalue weighted by atomic mass is 9.86. The molecule has 2 atom stereocenters. The van der Waals surface area contributed by atoms with E-state index in [0.29, 0.717) is 6.54 Å². The fraction of sp³-hybridized carbons (Fsp3) is 0.875. The molecule has 2 rings (SSSR count). The normalized spacial score (nSPS) is 24.5. The van der Waals surface area contributed by atoms with E-state index in [-0.39, 0.29) is 35.9 Å². The molecule has 0 aromatic carbocycles. The van der Waals surface area contributed by atoms with Gasteiger partial charge < -0.3 is 15.1 Å². The first-order valence-electron chi connectivity index (χ1n) is 8.16. The van der Waals surface area contributed by atoms with Gasteiger partial charge in [0.15, 0.2) is 0 Å². The van der Waals surface area contributed by atoms with Crippen molar-refractivity contribution in [2.75, 3.05) is 26.2 Å². The summed E-state index contributed by atoms with van der Waals surface area (Å²) in [7, 11) is 0. The van der Waals surface area contributed by atoms with Crippen molar-refractivity contribution < 1.29 is 9.59 Å². The van der Waals surface area contributed by atoms with Crippen LogP contribution in [0, 0.1) is 5.41 Å². The minimum Gasteiger partial charge on any atom is -0.330 e. The van der Waals surface area contributed by atoms with Crippen LogP contribution < -0.4 is 5.32 Å². The van der Waals surface area contributed by atoms with Gasteiger partial charge in [-0.3, -0.25) is 9.59 Å². The highest BCUT2D eigenvalue weighted by atomic mass is 16.2. The molecule has 0 saturated carbocycles. The van der Waals surface area contributed by atoms with Gasteiger partial charge in [-0.25, -0.2) is 0 Å². The average molecular weight is 295 g/mol. The highest BCUT2D eigenvalue weighted by molar-refractivity contribution is 5.95. The van der Waals surface area contributed by atoms with Gasteiger partial charge in [0.2, 0.25) is 11.8 Å². The van der Waals surface area contributed by atoms with Crippen LogP contribution in [0.2, 0.25) is 0 Å². The first-order chi connectivity index (χ1) is 9.84. The van der Waals surface area contributed by atoms with Gasteiger partial charge in [0.05, 0.1) is 6.54 Å². The minimum atomic E-state index is -0.196. The zero-order valence-electron chi connectivity index (χ0n) is 13.8. The number of amides is 2. The van der Waals surface area contributed by atoms with E-state index in [1.54, 1.807) is 9.80 Å². The molecule has 2 aliphatic rings. The summed E-state index contributed by atoms with van der Waals surface area (Å²) in [6.07, 6.45) is 2.84. The summed E-state index contributed by atoms with van der Waals surface area (Å²) in [6, 6.07) is 0.0141. The molecule has 2 amide bonds. The Balaban J connectivity index is 2.05. The molecule has 2 heterocycles. The zero-order valence-corrected chi connectivity index (χ0v) is 13.8. The van der Waals surface area contributed by atoms with E-state index < -0.39 is 0 Å². The largest absolute Gasteiger partial charge is 0.330 e. The van der Waals surface area contributed by atoms with Crippen molar-refractivity contribution in [2.45, 2.75) is 59.0 Å². The molecule has 0 aliphatic carbocycles. The van der Waals surface area contributed by atoms with E-state index in [1.165, 1.54) is 0 Å². The molecular formula is C16H29N3O2. The van der Waals surface area contributed by atoms with Crippen molar-refractivity contribution in [1.29, 1.82) is 0 Å². The van der Waals surface area contributed by atoms with Crippen LogP contribution in [-0.2, 0) is 9.59 Å². The number of rotatable bonds is 5. The number of carbonyl (C=O) groups excluding carboxylic acids is 2. The molecule has 2 fully saturated rings. The number of nitrogens with one attached hydrogen (secondary N) is 1. The maximum atomic E-state index is 12.6. The number of nitrogens with zero attached hydrogens (tertiary/aromatic N) is 2. The molecule has 2 saturated heterocycles. The van der Waals surface area contributed by atoms with Gasteiger partial charge in [-0.05, 0) is 31.2 Å². The van der Waals surface area contributed by atoms with E-state index in [0.717, 1.165) is 32.4 Å². The SMILES string of the molecule is CCCNC(CN1CC(=O)N2CCCC2C1=O)C(C)(C)C. The molecule has 0 bridgehead atoms. The van der Waals surface area contributed by atoms with Gasteiger partial charge in [-0.2, -0.15) is 0 Å². The van der Waals surface area contributed by atoms with Crippen molar-refractivity contribution in [2.24, 2.45) is 5.41 Å². The van der Waals surface area contributed by atoms with Crippen molar-refractivity contribution in [3.8, 4) is 0 Å². The Labute approximate surface area is 128 Å². The van der Waals surface area contributed by atoms with Gasteiger partial charge >= 0.3 is 0 Å². The van der Waals surface area contributed by atoms with Crippen LogP contribution in [0.25, 0.3) is 0 Å². The summed E-state index contributed by atoms with van der Waals surface area (Å²) in [5.74, 6) is 0.250. The van der Waals surface area contributed by atoms with Gasteiger partial charge in [0.1, 0.15) is 6.04 Å². The third kappa shape index (κ3) is 3.57. The lowest BCUT2D eigenvalue weighted by Gasteiger charge is -2.41. The second-order valence-corrected chi connectivity index (χ2v) is 7.34. The third-order valence-electron chi connectivity index (χ3n) is 4.59. The summed E-state index contributed by atoms with van der Waals surface area (Å²) in [6.45, 7) is 11.2. The van der Waals surface area contributed by atoms with Gasteiger partial charge in [-0.15, -0.1) is 0 Å². The molecule has 5 heteroatoms. The maximum Gasteiger partial charge on any atom is 0.245 e. The summed E-state index contributed by atoms with van der Waals surface area (Å²) in [5.41, 5.74) is 0.0608. The monoisotopic (exact) mass is 295 g/mol. The highest BCUT2D eigenvalue weighted by Crippen LogP contribution is 2.26. The summed E-state index contributed by atoms with van der Waals surface area (Å²) < 4.78 is 0. The van der Waals surface area contributed by atoms with Crippen LogP contribution in [0.5, 0.6) is 0 Å². The van der Waals surface area contributed by atoms with Crippen molar-refractivity contribution in [3.63, 3.8) is 0 Å². The fourth-order valence-corrected chi connectivity index (χ4v) is 3.20. The van der Waals surface area contributed by atoms with Crippen LogP contribution in [0.1, 0.15) is 47.0 Å². The first-order valence-corrected chi connectivity index (χ1v) is 8.16. The zero-order chi connectivity index (χ0) is 15.6. The molecule has 0 spiro atoms. The van der Waals surface area contributed by atoms with Crippen LogP contribution in [0.4, 0.5) is 0 Å². The Morgan fingerprint density at radius 1 is 1.33 bits per heavy atom. The Morgan fingerprint density at radius 2 is 2.05 bits per heavy atom. The number of hydrogen-bond donors (Lipinski definition) is 1. The topological polar surface area (TPSA) is 52.7 Å². The van der Waals surface area contributed by atoms with E-state index >= 15 is 0 Å². The van der Waals surface area contributed by atoms with Crippen LogP contribution in [0.15, 0.2) is 0 Å². The molecular weight excluding hydrogens is 266 g/mol. The second kappa shape index (κ2) is 6.34. The summed E-state index contributed by atoms with van der Waals surface area (Å²) in [4.78, 5) is 28.3. The van der Waals surface area contributed by atoms with Gasteiger partial charge in [-0.1, -0.05) is 27.7 Å². The molecule has 1 N–H and O–H groups in total. The molecule has 0 aromatic heterocycles. The molecule has 2 aliphatic heterocycles. The van der Waals surface area contributed by atoms with Crippen LogP contribution >= 0.6 is 0 Å². The Kier molecular flexibility index (Phi) is 4.91. The van der Waals surface area contributed by atoms with Crippen LogP contribution in [0.3, 0.4) is 0 Å². The maximum absolute atomic E-state index is 12.6. The molecule has 21 heavy (non-hydrogen) atoms. The highest BCUT2D eigenvalue weighted by Gasteiger charge is 2.43. The number of fused-ring (bicyclic) bond motifs is 1. The van der Waals surface area contributed by atoms with E-state index in [1.807, 2.05) is 0 Å². The van der Waals surface area contributed by atoms with Crippen molar-refractivity contribution in [1.82, 2.24) is 15.1 Å². The summed E-state index contributed by atoms with van der Waals surface area (Å²) >= 11 is 0. The smallest absolute Gasteiger partial charge is 0.245 e. The summed E-state index contributed by atoms with van der Waals surface area (Å²) in [5, 5.41) is 3.53. The molecule has 2 unspecified atom stereocenters. The molecule has 0 aromatic rings. The standard InChI is InChI=1S/C16H29N3O2/c1-5-8-17-13(16(2,3)4)10-18-11-14(20)19-9-6-7-12(19)15(18)21/h12-13,17H,5-11H2,1-4H3. The number of carbonyl (C=O) groups is 2. The first kappa shape index (κ1) is 16.3. The molecule has 120 valence electrons. The molecule has 5 nitrogen and oxygen atoms in total. The number of hydrogen-bond acceptors (Lipinski definition) is 3. The average Bonchev–Trinajstić information content (AvgIpc) is 2.88. The van der Waals surface area contributed by atoms with E-state index in [2.05, 4.69) is 33.0 Å². The van der Waals surface area contributed by atoms with E-state index in [4.69, 9.17) is 0 Å². The van der Waals surface area contributed by atoms with Crippen LogP contribution in [-0.4, -0.2) is 59.9 Å². The van der Waals surface area contributed by atoms with Gasteiger partial charge in [0, 0.05) is 19.1 Å². The van der Waals surface area contributed by atoms with Gasteiger partial charge in [0.25, 0.3) is 0 Å². The third-order valence-corrected chi connectivity index (χ3v) is 4.59. The Hall–Kier alpha value is -1.10. The quantitative estimate of drug-likeness (QED) is 0.830.